The third kappa shape index (κ3) is 1.63. The number of carboxylic acid groups (broad SMARTS) is 1. The van der Waals surface area contributed by atoms with Crippen molar-refractivity contribution in [2.75, 3.05) is 6.54 Å². The van der Waals surface area contributed by atoms with E-state index in [2.05, 4.69) is 0 Å². The van der Waals surface area contributed by atoms with Crippen LogP contribution in [0.4, 0.5) is 0 Å². The SMILES string of the molecule is O=C(O)[C@@H]1C=CCN1S(=O)(=O)c1ccco1. The molecule has 1 N–H and O–H groups in total. The van der Waals surface area contributed by atoms with Crippen LogP contribution in [0.25, 0.3) is 0 Å². The molecule has 7 heteroatoms. The lowest BCUT2D eigenvalue weighted by atomic mass is 10.3. The first-order valence-electron chi connectivity index (χ1n) is 4.48. The fourth-order valence-corrected chi connectivity index (χ4v) is 2.88. The number of hydrogen-bond acceptors (Lipinski definition) is 4. The number of carboxylic acids is 1. The summed E-state index contributed by atoms with van der Waals surface area (Å²) in [6, 6.07) is 1.56. The molecule has 0 amide bonds. The van der Waals surface area contributed by atoms with E-state index < -0.39 is 22.0 Å². The second-order valence-electron chi connectivity index (χ2n) is 3.22. The molecule has 1 atom stereocenters. The highest BCUT2D eigenvalue weighted by molar-refractivity contribution is 7.89. The zero-order chi connectivity index (χ0) is 11.8. The maximum absolute atomic E-state index is 11.9. The first kappa shape index (κ1) is 10.9. The minimum absolute atomic E-state index is 0.0417. The quantitative estimate of drug-likeness (QED) is 0.771. The molecule has 0 aliphatic carbocycles. The predicted octanol–water partition coefficient (Wildman–Crippen LogP) is 0.293. The van der Waals surface area contributed by atoms with Gasteiger partial charge in [-0.25, -0.2) is 8.42 Å². The Morgan fingerprint density at radius 1 is 1.56 bits per heavy atom. The van der Waals surface area contributed by atoms with Crippen molar-refractivity contribution in [1.29, 1.82) is 0 Å². The third-order valence-electron chi connectivity index (χ3n) is 2.23. The number of sulfonamides is 1. The maximum Gasteiger partial charge on any atom is 0.326 e. The molecule has 2 rings (SSSR count). The molecule has 1 aromatic heterocycles. The topological polar surface area (TPSA) is 87.8 Å². The van der Waals surface area contributed by atoms with E-state index in [-0.39, 0.29) is 11.6 Å². The molecule has 1 aliphatic rings. The molecule has 0 radical (unpaired) electrons. The van der Waals surface area contributed by atoms with Gasteiger partial charge in [0.1, 0.15) is 6.04 Å². The summed E-state index contributed by atoms with van der Waals surface area (Å²) in [6.07, 6.45) is 4.06. The van der Waals surface area contributed by atoms with Gasteiger partial charge < -0.3 is 9.52 Å². The van der Waals surface area contributed by atoms with Gasteiger partial charge in [0.15, 0.2) is 0 Å². The third-order valence-corrected chi connectivity index (χ3v) is 3.96. The normalized spacial score (nSPS) is 21.4. The number of hydrogen-bond donors (Lipinski definition) is 1. The Morgan fingerprint density at radius 2 is 2.31 bits per heavy atom. The summed E-state index contributed by atoms with van der Waals surface area (Å²) in [5, 5.41) is 8.61. The Kier molecular flexibility index (Phi) is 2.56. The van der Waals surface area contributed by atoms with Crippen molar-refractivity contribution in [3.63, 3.8) is 0 Å². The fourth-order valence-electron chi connectivity index (χ4n) is 1.48. The molecule has 16 heavy (non-hydrogen) atoms. The van der Waals surface area contributed by atoms with Gasteiger partial charge in [-0.15, -0.1) is 0 Å². The lowest BCUT2D eigenvalue weighted by Crippen LogP contribution is -2.40. The van der Waals surface area contributed by atoms with Gasteiger partial charge >= 0.3 is 5.97 Å². The van der Waals surface area contributed by atoms with Crippen molar-refractivity contribution >= 4 is 16.0 Å². The van der Waals surface area contributed by atoms with Gasteiger partial charge in [0.25, 0.3) is 10.0 Å². The second kappa shape index (κ2) is 3.76. The standard InChI is InChI=1S/C9H9NO5S/c11-9(12)7-3-1-5-10(7)16(13,14)8-4-2-6-15-8/h1-4,6-7H,5H2,(H,11,12)/t7-/m0/s1. The van der Waals surface area contributed by atoms with E-state index >= 15 is 0 Å². The average molecular weight is 243 g/mol. The van der Waals surface area contributed by atoms with Gasteiger partial charge in [0.2, 0.25) is 5.09 Å². The number of nitrogens with zero attached hydrogens (tertiary/aromatic N) is 1. The van der Waals surface area contributed by atoms with Crippen molar-refractivity contribution in [3.05, 3.63) is 30.5 Å². The highest BCUT2D eigenvalue weighted by Crippen LogP contribution is 2.22. The van der Waals surface area contributed by atoms with Crippen molar-refractivity contribution in [2.24, 2.45) is 0 Å². The van der Waals surface area contributed by atoms with Gasteiger partial charge in [0, 0.05) is 6.54 Å². The molecule has 0 aromatic carbocycles. The molecular formula is C9H9NO5S. The van der Waals surface area contributed by atoms with Gasteiger partial charge in [-0.1, -0.05) is 12.2 Å². The second-order valence-corrected chi connectivity index (χ2v) is 5.04. The van der Waals surface area contributed by atoms with E-state index in [0.717, 1.165) is 4.31 Å². The number of aliphatic carboxylic acids is 1. The minimum Gasteiger partial charge on any atom is -0.480 e. The molecule has 1 aromatic rings. The molecule has 0 saturated carbocycles. The van der Waals surface area contributed by atoms with E-state index in [0.29, 0.717) is 0 Å². The Bertz CT molecular complexity index is 516. The van der Waals surface area contributed by atoms with Crippen LogP contribution in [0.1, 0.15) is 0 Å². The van der Waals surface area contributed by atoms with Crippen LogP contribution in [0.3, 0.4) is 0 Å². The van der Waals surface area contributed by atoms with Gasteiger partial charge in [-0.3, -0.25) is 4.79 Å². The molecule has 2 heterocycles. The molecule has 1 aliphatic heterocycles. The van der Waals surface area contributed by atoms with Gasteiger partial charge in [-0.2, -0.15) is 4.31 Å². The highest BCUT2D eigenvalue weighted by atomic mass is 32.2. The molecule has 0 bridgehead atoms. The summed E-state index contributed by atoms with van der Waals surface area (Å²) in [5.74, 6) is -1.20. The van der Waals surface area contributed by atoms with Crippen molar-refractivity contribution < 1.29 is 22.7 Å². The Labute approximate surface area is 91.8 Å². The summed E-state index contributed by atoms with van der Waals surface area (Å²) in [5.41, 5.74) is 0. The first-order valence-corrected chi connectivity index (χ1v) is 5.92. The smallest absolute Gasteiger partial charge is 0.326 e. The zero-order valence-electron chi connectivity index (χ0n) is 8.11. The van der Waals surface area contributed by atoms with E-state index in [9.17, 15) is 13.2 Å². The molecule has 0 fully saturated rings. The van der Waals surface area contributed by atoms with Gasteiger partial charge in [0.05, 0.1) is 6.26 Å². The Morgan fingerprint density at radius 3 is 2.88 bits per heavy atom. The summed E-state index contributed by atoms with van der Waals surface area (Å²) in [6.45, 7) is 0.0417. The van der Waals surface area contributed by atoms with E-state index in [4.69, 9.17) is 9.52 Å². The summed E-state index contributed by atoms with van der Waals surface area (Å²) in [7, 11) is -3.87. The van der Waals surface area contributed by atoms with E-state index in [1.165, 1.54) is 30.5 Å². The van der Waals surface area contributed by atoms with E-state index in [1.54, 1.807) is 0 Å². The van der Waals surface area contributed by atoms with Crippen LogP contribution in [-0.4, -0.2) is 36.4 Å². The van der Waals surface area contributed by atoms with Crippen molar-refractivity contribution in [2.45, 2.75) is 11.1 Å². The molecule has 0 spiro atoms. The maximum atomic E-state index is 11.9. The summed E-state index contributed by atoms with van der Waals surface area (Å²) >= 11 is 0. The lowest BCUT2D eigenvalue weighted by Gasteiger charge is -2.18. The minimum atomic E-state index is -3.87. The van der Waals surface area contributed by atoms with Crippen LogP contribution in [-0.2, 0) is 14.8 Å². The van der Waals surface area contributed by atoms with Crippen LogP contribution < -0.4 is 0 Å². The number of furan rings is 1. The first-order chi connectivity index (χ1) is 7.53. The molecule has 0 saturated heterocycles. The van der Waals surface area contributed by atoms with Crippen molar-refractivity contribution in [1.82, 2.24) is 4.31 Å². The molecule has 6 nitrogen and oxygen atoms in total. The highest BCUT2D eigenvalue weighted by Gasteiger charge is 2.37. The molecular weight excluding hydrogens is 234 g/mol. The largest absolute Gasteiger partial charge is 0.480 e. The van der Waals surface area contributed by atoms with Crippen LogP contribution in [0.2, 0.25) is 0 Å². The summed E-state index contributed by atoms with van der Waals surface area (Å²) < 4.78 is 29.5. The lowest BCUT2D eigenvalue weighted by molar-refractivity contribution is -0.139. The van der Waals surface area contributed by atoms with Crippen LogP contribution >= 0.6 is 0 Å². The average Bonchev–Trinajstić information content (AvgIpc) is 2.89. The summed E-state index contributed by atoms with van der Waals surface area (Å²) in [4.78, 5) is 10.8. The molecule has 86 valence electrons. The molecule has 0 unspecified atom stereocenters. The van der Waals surface area contributed by atoms with E-state index in [1.807, 2.05) is 0 Å². The van der Waals surface area contributed by atoms with Crippen LogP contribution in [0, 0.1) is 0 Å². The number of carbonyl (C=O) groups is 1. The van der Waals surface area contributed by atoms with Gasteiger partial charge in [-0.05, 0) is 12.1 Å². The fraction of sp³-hybridized carbons (Fsp3) is 0.222. The predicted molar refractivity (Wildman–Crippen MR) is 53.2 cm³/mol. The number of rotatable bonds is 3. The zero-order valence-corrected chi connectivity index (χ0v) is 8.92. The Balaban J connectivity index is 2.36. The Hall–Kier alpha value is -1.60. The van der Waals surface area contributed by atoms with Crippen LogP contribution in [0.15, 0.2) is 40.1 Å². The van der Waals surface area contributed by atoms with Crippen molar-refractivity contribution in [3.8, 4) is 0 Å². The van der Waals surface area contributed by atoms with Crippen LogP contribution in [0.5, 0.6) is 0 Å². The monoisotopic (exact) mass is 243 g/mol.